The minimum atomic E-state index is -0.126. The second-order valence-electron chi connectivity index (χ2n) is 10.6. The molecule has 0 saturated heterocycles. The average molecular weight is 407 g/mol. The van der Waals surface area contributed by atoms with Crippen molar-refractivity contribution in [1.29, 1.82) is 0 Å². The number of nitrogens with one attached hydrogen (secondary N) is 1. The quantitative estimate of drug-likeness (QED) is 0.662. The fraction of sp³-hybridized carbons (Fsp3) is 0.818. The third kappa shape index (κ3) is 4.22. The first-order valence-electron chi connectivity index (χ1n) is 10.8. The molecule has 5 rings (SSSR count). The molecule has 4 bridgehead atoms. The van der Waals surface area contributed by atoms with Crippen LogP contribution in [0.25, 0.3) is 0 Å². The summed E-state index contributed by atoms with van der Waals surface area (Å²) >= 11 is 1.59. The molecule has 1 heterocycles. The van der Waals surface area contributed by atoms with Gasteiger partial charge in [0, 0.05) is 11.3 Å². The molecular formula is C22H34N2O3S. The van der Waals surface area contributed by atoms with Gasteiger partial charge in [0.25, 0.3) is 11.8 Å². The number of nitrogens with zero attached hydrogens (tertiary/aromatic N) is 1. The van der Waals surface area contributed by atoms with Crippen molar-refractivity contribution >= 4 is 17.7 Å². The van der Waals surface area contributed by atoms with Crippen molar-refractivity contribution in [3.05, 3.63) is 5.76 Å². The van der Waals surface area contributed by atoms with Gasteiger partial charge in [0.15, 0.2) is 0 Å². The van der Waals surface area contributed by atoms with Gasteiger partial charge in [0.2, 0.25) is 5.76 Å². The zero-order valence-corrected chi connectivity index (χ0v) is 18.6. The highest BCUT2D eigenvalue weighted by molar-refractivity contribution is 8.00. The highest BCUT2D eigenvalue weighted by Gasteiger charge is 2.49. The molecule has 0 spiro atoms. The summed E-state index contributed by atoms with van der Waals surface area (Å²) in [5, 5.41) is 7.74. The summed E-state index contributed by atoms with van der Waals surface area (Å²) in [7, 11) is 0. The largest absolute Gasteiger partial charge is 0.474 e. The zero-order valence-electron chi connectivity index (χ0n) is 17.8. The van der Waals surface area contributed by atoms with Gasteiger partial charge in [-0.3, -0.25) is 4.79 Å². The van der Waals surface area contributed by atoms with Crippen LogP contribution in [0.2, 0.25) is 0 Å². The Hall–Kier alpha value is -1.17. The topological polar surface area (TPSA) is 64.4 Å². The fourth-order valence-electron chi connectivity index (χ4n) is 5.51. The van der Waals surface area contributed by atoms with E-state index in [1.807, 2.05) is 0 Å². The molecule has 0 unspecified atom stereocenters. The van der Waals surface area contributed by atoms with Gasteiger partial charge in [0.05, 0.1) is 6.61 Å². The highest BCUT2D eigenvalue weighted by atomic mass is 32.2. The number of ether oxygens (including phenoxy) is 1. The predicted octanol–water partition coefficient (Wildman–Crippen LogP) is 5.15. The molecule has 4 fully saturated rings. The van der Waals surface area contributed by atoms with Crippen molar-refractivity contribution in [3.8, 4) is 5.88 Å². The van der Waals surface area contributed by atoms with Crippen molar-refractivity contribution in [2.24, 2.45) is 29.1 Å². The third-order valence-corrected chi connectivity index (χ3v) is 7.41. The number of carbonyl (C=O) groups is 1. The molecule has 4 aliphatic rings. The SMILES string of the molecule is CC(C)Sc1c(OCC(C)(C)C)noc1C(=O)NC1C2CC3CC(C2)CC1C3. The summed E-state index contributed by atoms with van der Waals surface area (Å²) in [5.74, 6) is 3.71. The summed E-state index contributed by atoms with van der Waals surface area (Å²) in [6, 6.07) is 0.293. The van der Waals surface area contributed by atoms with Gasteiger partial charge in [-0.15, -0.1) is 11.8 Å². The molecule has 0 radical (unpaired) electrons. The van der Waals surface area contributed by atoms with Crippen molar-refractivity contribution in [3.63, 3.8) is 0 Å². The normalized spacial score (nSPS) is 31.4. The highest BCUT2D eigenvalue weighted by Crippen LogP contribution is 2.53. The monoisotopic (exact) mass is 406 g/mol. The smallest absolute Gasteiger partial charge is 0.291 e. The number of carbonyl (C=O) groups excluding carboxylic acids is 1. The lowest BCUT2D eigenvalue weighted by Gasteiger charge is -2.54. The summed E-state index contributed by atoms with van der Waals surface area (Å²) in [6.07, 6.45) is 6.53. The second-order valence-corrected chi connectivity index (χ2v) is 12.2. The molecule has 1 aromatic rings. The van der Waals surface area contributed by atoms with Crippen molar-refractivity contribution < 1.29 is 14.1 Å². The Balaban J connectivity index is 1.49. The van der Waals surface area contributed by atoms with Crippen LogP contribution in [0, 0.1) is 29.1 Å². The maximum Gasteiger partial charge on any atom is 0.291 e. The summed E-state index contributed by atoms with van der Waals surface area (Å²) < 4.78 is 11.4. The standard InChI is InChI=1S/C22H34N2O3S/c1-12(2)28-19-18(27-24-21(19)26-11-22(3,4)5)20(25)23-17-15-7-13-6-14(9-15)10-16(17)8-13/h12-17H,6-11H2,1-5H3,(H,23,25). The number of rotatable bonds is 6. The Morgan fingerprint density at radius 2 is 1.79 bits per heavy atom. The number of hydrogen-bond donors (Lipinski definition) is 1. The number of amides is 1. The van der Waals surface area contributed by atoms with E-state index in [1.165, 1.54) is 32.1 Å². The molecule has 156 valence electrons. The lowest BCUT2D eigenvalue weighted by Crippen LogP contribution is -2.55. The van der Waals surface area contributed by atoms with Crippen LogP contribution in [0.3, 0.4) is 0 Å². The van der Waals surface area contributed by atoms with Crippen LogP contribution in [-0.4, -0.2) is 29.0 Å². The molecule has 0 aliphatic heterocycles. The number of aromatic nitrogens is 1. The van der Waals surface area contributed by atoms with Crippen LogP contribution in [0.15, 0.2) is 9.42 Å². The van der Waals surface area contributed by atoms with Crippen LogP contribution in [0.5, 0.6) is 5.88 Å². The van der Waals surface area contributed by atoms with Crippen LogP contribution in [0.4, 0.5) is 0 Å². The summed E-state index contributed by atoms with van der Waals surface area (Å²) in [6.45, 7) is 11.1. The third-order valence-electron chi connectivity index (χ3n) is 6.35. The molecule has 28 heavy (non-hydrogen) atoms. The van der Waals surface area contributed by atoms with E-state index in [-0.39, 0.29) is 11.3 Å². The van der Waals surface area contributed by atoms with Crippen LogP contribution < -0.4 is 10.1 Å². The van der Waals surface area contributed by atoms with Gasteiger partial charge < -0.3 is 14.6 Å². The van der Waals surface area contributed by atoms with Gasteiger partial charge in [-0.1, -0.05) is 34.6 Å². The molecule has 6 heteroatoms. The van der Waals surface area contributed by atoms with E-state index in [2.05, 4.69) is 45.1 Å². The lowest BCUT2D eigenvalue weighted by molar-refractivity contribution is -0.0124. The maximum absolute atomic E-state index is 13.1. The minimum absolute atomic E-state index is 0.0154. The number of thioether (sulfide) groups is 1. The fourth-order valence-corrected chi connectivity index (χ4v) is 6.41. The minimum Gasteiger partial charge on any atom is -0.474 e. The van der Waals surface area contributed by atoms with Crippen LogP contribution in [0.1, 0.15) is 77.3 Å². The maximum atomic E-state index is 13.1. The predicted molar refractivity (Wildman–Crippen MR) is 111 cm³/mol. The van der Waals surface area contributed by atoms with E-state index in [4.69, 9.17) is 9.26 Å². The van der Waals surface area contributed by atoms with E-state index < -0.39 is 0 Å². The number of hydrogen-bond acceptors (Lipinski definition) is 5. The molecule has 1 N–H and O–H groups in total. The molecule has 1 aromatic heterocycles. The molecule has 0 aromatic carbocycles. The van der Waals surface area contributed by atoms with Gasteiger partial charge in [-0.2, -0.15) is 0 Å². The molecule has 4 saturated carbocycles. The van der Waals surface area contributed by atoms with Crippen molar-refractivity contribution in [2.45, 2.75) is 82.9 Å². The van der Waals surface area contributed by atoms with E-state index in [1.54, 1.807) is 11.8 Å². The Morgan fingerprint density at radius 1 is 1.18 bits per heavy atom. The summed E-state index contributed by atoms with van der Waals surface area (Å²) in [5.41, 5.74) is 0.0154. The Morgan fingerprint density at radius 3 is 2.32 bits per heavy atom. The molecular weight excluding hydrogens is 372 g/mol. The first-order chi connectivity index (χ1) is 13.2. The lowest BCUT2D eigenvalue weighted by atomic mass is 9.54. The van der Waals surface area contributed by atoms with Crippen LogP contribution >= 0.6 is 11.8 Å². The van der Waals surface area contributed by atoms with E-state index in [0.717, 1.165) is 16.7 Å². The van der Waals surface area contributed by atoms with Crippen molar-refractivity contribution in [2.75, 3.05) is 6.61 Å². The molecule has 0 atom stereocenters. The van der Waals surface area contributed by atoms with Gasteiger partial charge in [-0.05, 0) is 66.3 Å². The van der Waals surface area contributed by atoms with Gasteiger partial charge >= 0.3 is 0 Å². The van der Waals surface area contributed by atoms with Gasteiger partial charge in [0.1, 0.15) is 4.90 Å². The first-order valence-corrected chi connectivity index (χ1v) is 11.7. The molecule has 4 aliphatic carbocycles. The van der Waals surface area contributed by atoms with Gasteiger partial charge in [-0.25, -0.2) is 0 Å². The summed E-state index contributed by atoms with van der Waals surface area (Å²) in [4.78, 5) is 13.9. The van der Waals surface area contributed by atoms with E-state index in [9.17, 15) is 4.79 Å². The van der Waals surface area contributed by atoms with E-state index in [0.29, 0.717) is 41.4 Å². The zero-order chi connectivity index (χ0) is 20.1. The molecule has 1 amide bonds. The van der Waals surface area contributed by atoms with Crippen molar-refractivity contribution in [1.82, 2.24) is 10.5 Å². The second kappa shape index (κ2) is 7.58. The molecule has 5 nitrogen and oxygen atoms in total. The van der Waals surface area contributed by atoms with E-state index >= 15 is 0 Å². The Bertz CT molecular complexity index is 694. The first kappa shape index (κ1) is 20.1. The Labute approximate surface area is 172 Å². The van der Waals surface area contributed by atoms with Crippen LogP contribution in [-0.2, 0) is 0 Å². The Kier molecular flexibility index (Phi) is 5.45. The average Bonchev–Trinajstić information content (AvgIpc) is 2.97.